The Morgan fingerprint density at radius 3 is 2.42 bits per heavy atom. The van der Waals surface area contributed by atoms with Crippen molar-refractivity contribution >= 4 is 11.7 Å². The molecule has 0 atom stereocenters. The van der Waals surface area contributed by atoms with Crippen LogP contribution in [0, 0.1) is 12.8 Å². The quantitative estimate of drug-likeness (QED) is 0.788. The van der Waals surface area contributed by atoms with Crippen molar-refractivity contribution in [2.45, 2.75) is 58.9 Å². The van der Waals surface area contributed by atoms with Crippen molar-refractivity contribution in [3.05, 3.63) is 22.5 Å². The molecule has 5 heteroatoms. The lowest BCUT2D eigenvalue weighted by molar-refractivity contribution is 0.0698. The number of carbonyl (C=O) groups excluding carboxylic acids is 2. The number of nitrogens with one attached hydrogen (secondary N) is 2. The molecule has 24 heavy (non-hydrogen) atoms. The summed E-state index contributed by atoms with van der Waals surface area (Å²) < 4.78 is 0. The van der Waals surface area contributed by atoms with Crippen LogP contribution in [0.1, 0.15) is 71.6 Å². The van der Waals surface area contributed by atoms with Gasteiger partial charge in [0.1, 0.15) is 5.69 Å². The zero-order valence-corrected chi connectivity index (χ0v) is 15.1. The third-order valence-electron chi connectivity index (χ3n) is 5.38. The normalized spacial score (nSPS) is 18.9. The molecule has 1 amide bonds. The summed E-state index contributed by atoms with van der Waals surface area (Å²) in [7, 11) is 0. The van der Waals surface area contributed by atoms with E-state index in [0.29, 0.717) is 23.7 Å². The Morgan fingerprint density at radius 2 is 1.88 bits per heavy atom. The van der Waals surface area contributed by atoms with E-state index in [0.717, 1.165) is 49.7 Å². The average molecular weight is 331 g/mol. The molecule has 1 saturated carbocycles. The monoisotopic (exact) mass is 331 g/mol. The van der Waals surface area contributed by atoms with Crippen molar-refractivity contribution < 1.29 is 9.59 Å². The van der Waals surface area contributed by atoms with Crippen molar-refractivity contribution in [2.24, 2.45) is 5.92 Å². The highest BCUT2D eigenvalue weighted by Gasteiger charge is 2.29. The highest BCUT2D eigenvalue weighted by molar-refractivity contribution is 6.02. The molecule has 3 rings (SSSR count). The molecule has 5 nitrogen and oxygen atoms in total. The van der Waals surface area contributed by atoms with E-state index in [9.17, 15) is 9.59 Å². The lowest BCUT2D eigenvalue weighted by atomic mass is 10.0. The summed E-state index contributed by atoms with van der Waals surface area (Å²) >= 11 is 0. The summed E-state index contributed by atoms with van der Waals surface area (Å²) in [6.45, 7) is 8.16. The van der Waals surface area contributed by atoms with Gasteiger partial charge in [0.25, 0.3) is 5.91 Å². The number of likely N-dealkylation sites (tertiary alicyclic amines) is 1. The molecule has 0 bridgehead atoms. The van der Waals surface area contributed by atoms with Gasteiger partial charge in [-0.25, -0.2) is 0 Å². The van der Waals surface area contributed by atoms with Crippen LogP contribution in [0.5, 0.6) is 0 Å². The number of amides is 1. The standard InChI is InChI=1S/C19H29N3O2/c1-4-16-17(13(3)23)12(2)21-18(16)19(24)22-9-7-15(8-10-22)20-11-14-5-6-14/h14-15,20-21H,4-11H2,1-3H3. The van der Waals surface area contributed by atoms with Crippen LogP contribution in [0.4, 0.5) is 0 Å². The van der Waals surface area contributed by atoms with Gasteiger partial charge in [0.2, 0.25) is 0 Å². The fourth-order valence-corrected chi connectivity index (χ4v) is 3.79. The number of piperidine rings is 1. The largest absolute Gasteiger partial charge is 0.354 e. The predicted octanol–water partition coefficient (Wildman–Crippen LogP) is 2.69. The molecule has 132 valence electrons. The molecular formula is C19H29N3O2. The Balaban J connectivity index is 1.64. The molecule has 2 N–H and O–H groups in total. The molecule has 0 radical (unpaired) electrons. The molecule has 2 fully saturated rings. The fourth-order valence-electron chi connectivity index (χ4n) is 3.79. The minimum atomic E-state index is 0.0302. The number of aromatic nitrogens is 1. The lowest BCUT2D eigenvalue weighted by Gasteiger charge is -2.32. The third-order valence-corrected chi connectivity index (χ3v) is 5.38. The van der Waals surface area contributed by atoms with Crippen LogP contribution >= 0.6 is 0 Å². The summed E-state index contributed by atoms with van der Waals surface area (Å²) in [6, 6.07) is 0.540. The highest BCUT2D eigenvalue weighted by atomic mass is 16.2. The van der Waals surface area contributed by atoms with Gasteiger partial charge in [-0.15, -0.1) is 0 Å². The molecule has 1 saturated heterocycles. The van der Waals surface area contributed by atoms with Crippen molar-refractivity contribution in [1.29, 1.82) is 0 Å². The molecule has 1 aliphatic heterocycles. The maximum Gasteiger partial charge on any atom is 0.270 e. The first kappa shape index (κ1) is 17.2. The number of hydrogen-bond acceptors (Lipinski definition) is 3. The van der Waals surface area contributed by atoms with E-state index in [1.165, 1.54) is 12.8 Å². The number of nitrogens with zero attached hydrogens (tertiary/aromatic N) is 1. The van der Waals surface area contributed by atoms with Crippen LogP contribution < -0.4 is 5.32 Å². The summed E-state index contributed by atoms with van der Waals surface area (Å²) in [6.07, 6.45) is 5.46. The second kappa shape index (κ2) is 7.09. The average Bonchev–Trinajstić information content (AvgIpc) is 3.33. The van der Waals surface area contributed by atoms with Gasteiger partial charge in [0, 0.05) is 30.4 Å². The van der Waals surface area contributed by atoms with E-state index in [2.05, 4.69) is 10.3 Å². The zero-order chi connectivity index (χ0) is 17.3. The number of H-pyrrole nitrogens is 1. The smallest absolute Gasteiger partial charge is 0.270 e. The SMILES string of the molecule is CCc1c(C(=O)N2CCC(NCC3CC3)CC2)[nH]c(C)c1C(C)=O. The summed E-state index contributed by atoms with van der Waals surface area (Å²) in [5.74, 6) is 0.967. The highest BCUT2D eigenvalue weighted by Crippen LogP contribution is 2.28. The van der Waals surface area contributed by atoms with E-state index >= 15 is 0 Å². The molecule has 1 aliphatic carbocycles. The zero-order valence-electron chi connectivity index (χ0n) is 15.1. The van der Waals surface area contributed by atoms with Crippen molar-refractivity contribution in [1.82, 2.24) is 15.2 Å². The van der Waals surface area contributed by atoms with Crippen LogP contribution in [-0.2, 0) is 6.42 Å². The molecule has 0 unspecified atom stereocenters. The van der Waals surface area contributed by atoms with Crippen LogP contribution in [0.3, 0.4) is 0 Å². The van der Waals surface area contributed by atoms with E-state index in [1.54, 1.807) is 6.92 Å². The number of aromatic amines is 1. The van der Waals surface area contributed by atoms with Gasteiger partial charge in [-0.3, -0.25) is 9.59 Å². The topological polar surface area (TPSA) is 65.2 Å². The number of carbonyl (C=O) groups is 2. The Morgan fingerprint density at radius 1 is 1.21 bits per heavy atom. The maximum absolute atomic E-state index is 12.9. The fraction of sp³-hybridized carbons (Fsp3) is 0.684. The van der Waals surface area contributed by atoms with Crippen LogP contribution in [0.25, 0.3) is 0 Å². The van der Waals surface area contributed by atoms with Gasteiger partial charge < -0.3 is 15.2 Å². The molecule has 1 aromatic rings. The predicted molar refractivity (Wildman–Crippen MR) is 94.6 cm³/mol. The van der Waals surface area contributed by atoms with Crippen molar-refractivity contribution in [3.8, 4) is 0 Å². The van der Waals surface area contributed by atoms with E-state index in [4.69, 9.17) is 0 Å². The van der Waals surface area contributed by atoms with Crippen molar-refractivity contribution in [3.63, 3.8) is 0 Å². The minimum absolute atomic E-state index is 0.0302. The first-order chi connectivity index (χ1) is 11.5. The van der Waals surface area contributed by atoms with E-state index in [-0.39, 0.29) is 11.7 Å². The van der Waals surface area contributed by atoms with Crippen molar-refractivity contribution in [2.75, 3.05) is 19.6 Å². The number of hydrogen-bond donors (Lipinski definition) is 2. The van der Waals surface area contributed by atoms with Gasteiger partial charge in [-0.2, -0.15) is 0 Å². The second-order valence-corrected chi connectivity index (χ2v) is 7.31. The van der Waals surface area contributed by atoms with Gasteiger partial charge >= 0.3 is 0 Å². The number of aryl methyl sites for hydroxylation is 1. The van der Waals surface area contributed by atoms with Crippen LogP contribution in [0.2, 0.25) is 0 Å². The Hall–Kier alpha value is -1.62. The Bertz CT molecular complexity index is 623. The van der Waals surface area contributed by atoms with Crippen LogP contribution in [0.15, 0.2) is 0 Å². The molecule has 0 aromatic carbocycles. The summed E-state index contributed by atoms with van der Waals surface area (Å²) in [5.41, 5.74) is 2.99. The van der Waals surface area contributed by atoms with Gasteiger partial charge in [-0.1, -0.05) is 6.92 Å². The third kappa shape index (κ3) is 3.56. The number of Topliss-reactive ketones (excluding diaryl/α,β-unsaturated/α-hetero) is 1. The van der Waals surface area contributed by atoms with E-state index < -0.39 is 0 Å². The molecule has 2 aliphatic rings. The Kier molecular flexibility index (Phi) is 5.09. The van der Waals surface area contributed by atoms with Crippen LogP contribution in [-0.4, -0.2) is 47.3 Å². The molecule has 1 aromatic heterocycles. The maximum atomic E-state index is 12.9. The molecule has 2 heterocycles. The summed E-state index contributed by atoms with van der Waals surface area (Å²) in [4.78, 5) is 29.9. The number of rotatable bonds is 6. The lowest BCUT2D eigenvalue weighted by Crippen LogP contribution is -2.45. The van der Waals surface area contributed by atoms with Gasteiger partial charge in [0.05, 0.1) is 0 Å². The van der Waals surface area contributed by atoms with Gasteiger partial charge in [-0.05, 0) is 64.0 Å². The second-order valence-electron chi connectivity index (χ2n) is 7.31. The summed E-state index contributed by atoms with van der Waals surface area (Å²) in [5, 5.41) is 3.64. The first-order valence-electron chi connectivity index (χ1n) is 9.26. The first-order valence-corrected chi connectivity index (χ1v) is 9.26. The molecular weight excluding hydrogens is 302 g/mol. The molecule has 0 spiro atoms. The Labute approximate surface area is 144 Å². The van der Waals surface area contributed by atoms with Gasteiger partial charge in [0.15, 0.2) is 5.78 Å². The van der Waals surface area contributed by atoms with E-state index in [1.807, 2.05) is 18.7 Å². The number of ketones is 1. The minimum Gasteiger partial charge on any atom is -0.354 e.